The predicted molar refractivity (Wildman–Crippen MR) is 252 cm³/mol. The van der Waals surface area contributed by atoms with Crippen molar-refractivity contribution in [2.75, 3.05) is 4.90 Å². The van der Waals surface area contributed by atoms with Gasteiger partial charge >= 0.3 is 0 Å². The molecule has 3 heterocycles. The van der Waals surface area contributed by atoms with Gasteiger partial charge in [-0.05, 0) is 81.4 Å². The molecule has 2 atom stereocenters. The Balaban J connectivity index is 0.962. The fourth-order valence-electron chi connectivity index (χ4n) is 9.44. The van der Waals surface area contributed by atoms with Crippen LogP contribution >= 0.6 is 0 Å². The number of aromatic nitrogens is 3. The van der Waals surface area contributed by atoms with Gasteiger partial charge in [0.05, 0.1) is 6.04 Å². The van der Waals surface area contributed by atoms with Gasteiger partial charge in [-0.25, -0.2) is 15.0 Å². The first kappa shape index (κ1) is 35.8. The van der Waals surface area contributed by atoms with Crippen LogP contribution in [-0.2, 0) is 0 Å². The molecule has 8 aromatic carbocycles. The number of furan rings is 1. The normalized spacial score (nSPS) is 15.0. The molecule has 0 saturated heterocycles. The summed E-state index contributed by atoms with van der Waals surface area (Å²) < 4.78 is 6.66. The molecule has 0 spiro atoms. The van der Waals surface area contributed by atoms with Gasteiger partial charge < -0.3 is 9.32 Å². The molecule has 62 heavy (non-hydrogen) atoms. The van der Waals surface area contributed by atoms with Crippen LogP contribution in [0.3, 0.4) is 0 Å². The van der Waals surface area contributed by atoms with E-state index in [9.17, 15) is 0 Å². The fourth-order valence-corrected chi connectivity index (χ4v) is 9.44. The zero-order valence-corrected chi connectivity index (χ0v) is 33.6. The van der Waals surface area contributed by atoms with Crippen molar-refractivity contribution in [3.05, 3.63) is 229 Å². The number of hydrogen-bond acceptors (Lipinski definition) is 5. The summed E-state index contributed by atoms with van der Waals surface area (Å²) in [5.41, 5.74) is 15.3. The molecule has 2 aliphatic rings. The van der Waals surface area contributed by atoms with Crippen molar-refractivity contribution in [3.63, 3.8) is 0 Å². The molecule has 0 amide bonds. The van der Waals surface area contributed by atoms with Gasteiger partial charge in [-0.2, -0.15) is 0 Å². The Morgan fingerprint density at radius 1 is 0.419 bits per heavy atom. The van der Waals surface area contributed by atoms with E-state index in [1.54, 1.807) is 0 Å². The molecule has 2 unspecified atom stereocenters. The van der Waals surface area contributed by atoms with Crippen LogP contribution in [-0.4, -0.2) is 21.0 Å². The average Bonchev–Trinajstić information content (AvgIpc) is 3.91. The molecular weight excluding hydrogens is 757 g/mol. The Bertz CT molecular complexity index is 3200. The Morgan fingerprint density at radius 2 is 0.935 bits per heavy atom. The third-order valence-electron chi connectivity index (χ3n) is 12.3. The van der Waals surface area contributed by atoms with E-state index in [1.165, 1.54) is 22.5 Å². The maximum atomic E-state index is 6.66. The van der Waals surface area contributed by atoms with E-state index >= 15 is 0 Å². The maximum Gasteiger partial charge on any atom is 0.164 e. The maximum absolute atomic E-state index is 6.66. The minimum absolute atomic E-state index is 0.107. The second kappa shape index (κ2) is 14.8. The van der Waals surface area contributed by atoms with Crippen molar-refractivity contribution in [2.45, 2.75) is 12.0 Å². The zero-order valence-electron chi connectivity index (χ0n) is 33.6. The summed E-state index contributed by atoms with van der Waals surface area (Å²) in [6, 6.07) is 72.4. The SMILES string of the molecule is C1=CC2C(c3ccccc3N2c2ccccc2)c2c1oc1cccc(-c3ccc(-c4nc(-c5cccc(-c6ccccc6)c5)nc(-c5cccc(-c6ccccc6)c5)n4)cc3)c21. The Hall–Kier alpha value is -8.15. The summed E-state index contributed by atoms with van der Waals surface area (Å²) in [4.78, 5) is 17.9. The Labute approximate surface area is 360 Å². The second-order valence-electron chi connectivity index (χ2n) is 15.9. The Morgan fingerprint density at radius 3 is 1.58 bits per heavy atom. The molecule has 0 bridgehead atoms. The van der Waals surface area contributed by atoms with E-state index in [1.807, 2.05) is 12.1 Å². The highest BCUT2D eigenvalue weighted by molar-refractivity contribution is 6.00. The van der Waals surface area contributed by atoms with E-state index in [-0.39, 0.29) is 12.0 Å². The van der Waals surface area contributed by atoms with Gasteiger partial charge in [0, 0.05) is 44.9 Å². The van der Waals surface area contributed by atoms with Crippen LogP contribution in [0.1, 0.15) is 22.8 Å². The summed E-state index contributed by atoms with van der Waals surface area (Å²) in [5, 5.41) is 1.15. The largest absolute Gasteiger partial charge is 0.456 e. The molecule has 12 rings (SSSR count). The third kappa shape index (κ3) is 6.13. The number of rotatable bonds is 7. The van der Waals surface area contributed by atoms with Crippen LogP contribution in [0.2, 0.25) is 0 Å². The predicted octanol–water partition coefficient (Wildman–Crippen LogP) is 14.3. The van der Waals surface area contributed by atoms with Gasteiger partial charge in [-0.3, -0.25) is 0 Å². The molecule has 2 aromatic heterocycles. The van der Waals surface area contributed by atoms with Crippen molar-refractivity contribution in [1.29, 1.82) is 0 Å². The van der Waals surface area contributed by atoms with Crippen molar-refractivity contribution in [1.82, 2.24) is 15.0 Å². The quantitative estimate of drug-likeness (QED) is 0.161. The van der Waals surface area contributed by atoms with E-state index in [0.717, 1.165) is 66.8 Å². The summed E-state index contributed by atoms with van der Waals surface area (Å²) in [7, 11) is 0. The van der Waals surface area contributed by atoms with Crippen LogP contribution in [0.25, 0.3) is 84.6 Å². The molecule has 0 fully saturated rings. The van der Waals surface area contributed by atoms with Crippen molar-refractivity contribution < 1.29 is 4.42 Å². The highest BCUT2D eigenvalue weighted by Crippen LogP contribution is 2.54. The first-order valence-corrected chi connectivity index (χ1v) is 21.1. The van der Waals surface area contributed by atoms with Gasteiger partial charge in [0.2, 0.25) is 0 Å². The van der Waals surface area contributed by atoms with E-state index in [4.69, 9.17) is 19.4 Å². The number of hydrogen-bond donors (Lipinski definition) is 0. The lowest BCUT2D eigenvalue weighted by molar-refractivity contribution is 0.584. The molecule has 10 aromatic rings. The van der Waals surface area contributed by atoms with Gasteiger partial charge in [-0.1, -0.05) is 176 Å². The highest BCUT2D eigenvalue weighted by atomic mass is 16.3. The minimum Gasteiger partial charge on any atom is -0.456 e. The van der Waals surface area contributed by atoms with Crippen molar-refractivity contribution in [3.8, 4) is 67.5 Å². The summed E-state index contributed by atoms with van der Waals surface area (Å²) in [6.07, 6.45) is 4.48. The first-order chi connectivity index (χ1) is 30.7. The van der Waals surface area contributed by atoms with Gasteiger partial charge in [-0.15, -0.1) is 0 Å². The molecule has 0 radical (unpaired) electrons. The van der Waals surface area contributed by atoms with Gasteiger partial charge in [0.1, 0.15) is 11.3 Å². The molecule has 0 saturated carbocycles. The number of nitrogens with zero attached hydrogens (tertiary/aromatic N) is 4. The van der Waals surface area contributed by atoms with Crippen LogP contribution in [0.15, 0.2) is 217 Å². The lowest BCUT2D eigenvalue weighted by Gasteiger charge is -2.30. The lowest BCUT2D eigenvalue weighted by Crippen LogP contribution is -2.30. The number of anilines is 2. The van der Waals surface area contributed by atoms with Crippen molar-refractivity contribution >= 4 is 28.4 Å². The average molecular weight is 795 g/mol. The van der Waals surface area contributed by atoms with E-state index in [0.29, 0.717) is 17.5 Å². The van der Waals surface area contributed by atoms with Crippen LogP contribution in [0.5, 0.6) is 0 Å². The van der Waals surface area contributed by atoms with Gasteiger partial charge in [0.25, 0.3) is 0 Å². The monoisotopic (exact) mass is 794 g/mol. The van der Waals surface area contributed by atoms with Crippen LogP contribution in [0, 0.1) is 0 Å². The number of fused-ring (bicyclic) bond motifs is 7. The number of benzene rings is 8. The summed E-state index contributed by atoms with van der Waals surface area (Å²) in [6.45, 7) is 0. The van der Waals surface area contributed by atoms with Crippen LogP contribution < -0.4 is 4.90 Å². The first-order valence-electron chi connectivity index (χ1n) is 21.1. The zero-order chi connectivity index (χ0) is 41.0. The smallest absolute Gasteiger partial charge is 0.164 e. The molecule has 5 nitrogen and oxygen atoms in total. The molecule has 1 aliphatic heterocycles. The molecule has 1 aliphatic carbocycles. The van der Waals surface area contributed by atoms with Crippen LogP contribution in [0.4, 0.5) is 11.4 Å². The van der Waals surface area contributed by atoms with E-state index in [2.05, 4.69) is 211 Å². The minimum atomic E-state index is 0.107. The second-order valence-corrected chi connectivity index (χ2v) is 15.9. The molecular formula is C57H38N4O. The van der Waals surface area contributed by atoms with E-state index < -0.39 is 0 Å². The summed E-state index contributed by atoms with van der Waals surface area (Å²) in [5.74, 6) is 2.89. The van der Waals surface area contributed by atoms with Gasteiger partial charge in [0.15, 0.2) is 17.5 Å². The Kier molecular flexibility index (Phi) is 8.56. The fraction of sp³-hybridized carbons (Fsp3) is 0.0351. The van der Waals surface area contributed by atoms with Crippen molar-refractivity contribution in [2.24, 2.45) is 0 Å². The lowest BCUT2D eigenvalue weighted by atomic mass is 9.81. The highest BCUT2D eigenvalue weighted by Gasteiger charge is 2.43. The molecule has 292 valence electrons. The number of para-hydroxylation sites is 2. The standard InChI is InChI=1S/C57H38N4O/c1-4-15-37(16-5-1)41-19-12-21-43(35-41)56-58-55(59-57(60-56)44-22-13-20-42(36-44)38-17-6-2-7-18-38)40-31-29-39(30-32-40)46-26-14-28-50-53(46)54-51(62-50)34-33-49-52(54)47-25-10-11-27-48(47)61(49)45-23-8-3-9-24-45/h1-36,49,52H. The topological polar surface area (TPSA) is 55.1 Å². The third-order valence-corrected chi connectivity index (χ3v) is 12.3. The molecule has 5 heteroatoms. The molecule has 0 N–H and O–H groups in total. The summed E-state index contributed by atoms with van der Waals surface area (Å²) >= 11 is 0.